The van der Waals surface area contributed by atoms with Gasteiger partial charge in [-0.05, 0) is 59.8 Å². The zero-order valence-electron chi connectivity index (χ0n) is 14.6. The lowest BCUT2D eigenvalue weighted by Gasteiger charge is -2.40. The summed E-state index contributed by atoms with van der Waals surface area (Å²) in [5.74, 6) is 0. The highest BCUT2D eigenvalue weighted by atomic mass is 16.6. The van der Waals surface area contributed by atoms with Gasteiger partial charge in [0.25, 0.3) is 0 Å². The second kappa shape index (κ2) is 7.18. The number of nitrogens with zero attached hydrogens (tertiary/aromatic N) is 1. The monoisotopic (exact) mass is 312 g/mol. The van der Waals surface area contributed by atoms with Gasteiger partial charge in [-0.3, -0.25) is 0 Å². The van der Waals surface area contributed by atoms with Crippen LogP contribution in [0.2, 0.25) is 0 Å². The van der Waals surface area contributed by atoms with Gasteiger partial charge < -0.3 is 19.7 Å². The lowest BCUT2D eigenvalue weighted by molar-refractivity contribution is 0.00295. The van der Waals surface area contributed by atoms with Crippen LogP contribution in [0.1, 0.15) is 59.8 Å². The summed E-state index contributed by atoms with van der Waals surface area (Å²) in [6.45, 7) is 11.2. The second-order valence-corrected chi connectivity index (χ2v) is 7.92. The molecule has 2 atom stereocenters. The summed E-state index contributed by atoms with van der Waals surface area (Å²) in [7, 11) is 0. The molecule has 1 N–H and O–H groups in total. The van der Waals surface area contributed by atoms with Crippen molar-refractivity contribution in [3.8, 4) is 0 Å². The first-order valence-corrected chi connectivity index (χ1v) is 8.61. The van der Waals surface area contributed by atoms with E-state index in [1.807, 2.05) is 25.7 Å². The Morgan fingerprint density at radius 2 is 2.14 bits per heavy atom. The fraction of sp³-hybridized carbons (Fsp3) is 0.941. The molecule has 2 rings (SSSR count). The van der Waals surface area contributed by atoms with Crippen molar-refractivity contribution >= 4 is 6.09 Å². The summed E-state index contributed by atoms with van der Waals surface area (Å²) in [5, 5.41) is 3.64. The Hall–Kier alpha value is -0.810. The fourth-order valence-electron chi connectivity index (χ4n) is 3.21. The van der Waals surface area contributed by atoms with Crippen molar-refractivity contribution < 1.29 is 14.3 Å². The maximum Gasteiger partial charge on any atom is 0.410 e. The minimum absolute atomic E-state index is 0.0370. The van der Waals surface area contributed by atoms with Gasteiger partial charge in [0.1, 0.15) is 5.60 Å². The van der Waals surface area contributed by atoms with Crippen LogP contribution in [-0.2, 0) is 9.47 Å². The molecule has 0 bridgehead atoms. The van der Waals surface area contributed by atoms with Gasteiger partial charge in [0.2, 0.25) is 0 Å². The zero-order chi connectivity index (χ0) is 16.2. The molecule has 2 aliphatic rings. The van der Waals surface area contributed by atoms with Crippen LogP contribution in [-0.4, -0.2) is 54.5 Å². The number of hydrogen-bond donors (Lipinski definition) is 1. The van der Waals surface area contributed by atoms with Crippen LogP contribution in [0.4, 0.5) is 4.79 Å². The van der Waals surface area contributed by atoms with Crippen LogP contribution in [0.3, 0.4) is 0 Å². The molecule has 2 aliphatic heterocycles. The van der Waals surface area contributed by atoms with Crippen molar-refractivity contribution in [1.29, 1.82) is 0 Å². The van der Waals surface area contributed by atoms with E-state index in [1.54, 1.807) is 0 Å². The van der Waals surface area contributed by atoms with Crippen molar-refractivity contribution in [1.82, 2.24) is 10.2 Å². The Kier molecular flexibility index (Phi) is 5.72. The SMILES string of the molecule is CC1(NCC2CCCCN2C(=O)OC(C)(C)C)CCCOC1. The minimum Gasteiger partial charge on any atom is -0.444 e. The van der Waals surface area contributed by atoms with E-state index in [4.69, 9.17) is 9.47 Å². The molecule has 0 aliphatic carbocycles. The number of amides is 1. The van der Waals surface area contributed by atoms with Crippen LogP contribution >= 0.6 is 0 Å². The highest BCUT2D eigenvalue weighted by Gasteiger charge is 2.33. The number of ether oxygens (including phenoxy) is 2. The lowest BCUT2D eigenvalue weighted by Crippen LogP contribution is -2.56. The second-order valence-electron chi connectivity index (χ2n) is 7.92. The molecule has 2 heterocycles. The molecule has 22 heavy (non-hydrogen) atoms. The summed E-state index contributed by atoms with van der Waals surface area (Å²) in [5.41, 5.74) is -0.398. The first-order chi connectivity index (χ1) is 10.3. The molecule has 2 unspecified atom stereocenters. The van der Waals surface area contributed by atoms with Gasteiger partial charge in [-0.15, -0.1) is 0 Å². The van der Waals surface area contributed by atoms with Gasteiger partial charge >= 0.3 is 6.09 Å². The number of piperidine rings is 1. The minimum atomic E-state index is -0.435. The molecule has 0 spiro atoms. The molecule has 1 amide bonds. The number of rotatable bonds is 3. The van der Waals surface area contributed by atoms with E-state index in [1.165, 1.54) is 6.42 Å². The van der Waals surface area contributed by atoms with Crippen LogP contribution < -0.4 is 5.32 Å². The van der Waals surface area contributed by atoms with Gasteiger partial charge in [0.05, 0.1) is 6.61 Å². The average molecular weight is 312 g/mol. The summed E-state index contributed by atoms with van der Waals surface area (Å²) in [6, 6.07) is 0.224. The molecule has 0 saturated carbocycles. The Balaban J connectivity index is 1.90. The maximum absolute atomic E-state index is 12.4. The summed E-state index contributed by atoms with van der Waals surface area (Å²) >= 11 is 0. The summed E-state index contributed by atoms with van der Waals surface area (Å²) in [4.78, 5) is 14.3. The van der Waals surface area contributed by atoms with E-state index in [0.717, 1.165) is 52.0 Å². The first kappa shape index (κ1) is 17.5. The Bertz CT molecular complexity index is 373. The van der Waals surface area contributed by atoms with E-state index in [-0.39, 0.29) is 17.7 Å². The number of carbonyl (C=O) groups excluding carboxylic acids is 1. The molecule has 0 aromatic carbocycles. The van der Waals surface area contributed by atoms with Crippen LogP contribution in [0, 0.1) is 0 Å². The molecule has 5 heteroatoms. The standard InChI is InChI=1S/C17H32N2O3/c1-16(2,3)22-15(20)19-10-6-5-8-14(19)12-18-17(4)9-7-11-21-13-17/h14,18H,5-13H2,1-4H3. The van der Waals surface area contributed by atoms with E-state index in [0.29, 0.717) is 0 Å². The molecule has 0 radical (unpaired) electrons. The number of likely N-dealkylation sites (tertiary alicyclic amines) is 1. The fourth-order valence-corrected chi connectivity index (χ4v) is 3.21. The smallest absolute Gasteiger partial charge is 0.410 e. The molecular formula is C17H32N2O3. The van der Waals surface area contributed by atoms with E-state index in [2.05, 4.69) is 12.2 Å². The van der Waals surface area contributed by atoms with Crippen LogP contribution in [0.5, 0.6) is 0 Å². The maximum atomic E-state index is 12.4. The Labute approximate surface area is 134 Å². The quantitative estimate of drug-likeness (QED) is 0.870. The zero-order valence-corrected chi connectivity index (χ0v) is 14.6. The molecule has 2 saturated heterocycles. The Morgan fingerprint density at radius 1 is 1.36 bits per heavy atom. The van der Waals surface area contributed by atoms with Crippen molar-refractivity contribution in [2.75, 3.05) is 26.3 Å². The van der Waals surface area contributed by atoms with Gasteiger partial charge in [-0.25, -0.2) is 4.79 Å². The van der Waals surface area contributed by atoms with Gasteiger partial charge in [0, 0.05) is 31.3 Å². The van der Waals surface area contributed by atoms with E-state index in [9.17, 15) is 4.79 Å². The highest BCUT2D eigenvalue weighted by Crippen LogP contribution is 2.22. The molecule has 2 fully saturated rings. The lowest BCUT2D eigenvalue weighted by atomic mass is 9.93. The van der Waals surface area contributed by atoms with Crippen LogP contribution in [0.25, 0.3) is 0 Å². The third-order valence-corrected chi connectivity index (χ3v) is 4.46. The summed E-state index contributed by atoms with van der Waals surface area (Å²) < 4.78 is 11.2. The molecule has 0 aromatic rings. The topological polar surface area (TPSA) is 50.8 Å². The molecule has 5 nitrogen and oxygen atoms in total. The van der Waals surface area contributed by atoms with Crippen molar-refractivity contribution in [2.24, 2.45) is 0 Å². The van der Waals surface area contributed by atoms with Gasteiger partial charge in [-0.2, -0.15) is 0 Å². The van der Waals surface area contributed by atoms with E-state index < -0.39 is 5.60 Å². The first-order valence-electron chi connectivity index (χ1n) is 8.61. The number of carbonyl (C=O) groups is 1. The predicted molar refractivity (Wildman–Crippen MR) is 87.0 cm³/mol. The molecule has 128 valence electrons. The van der Waals surface area contributed by atoms with Crippen molar-refractivity contribution in [2.45, 2.75) is 77.0 Å². The van der Waals surface area contributed by atoms with E-state index >= 15 is 0 Å². The average Bonchev–Trinajstić information content (AvgIpc) is 2.44. The number of nitrogens with one attached hydrogen (secondary N) is 1. The third-order valence-electron chi connectivity index (χ3n) is 4.46. The largest absolute Gasteiger partial charge is 0.444 e. The number of hydrogen-bond acceptors (Lipinski definition) is 4. The molecular weight excluding hydrogens is 280 g/mol. The Morgan fingerprint density at radius 3 is 2.77 bits per heavy atom. The van der Waals surface area contributed by atoms with Crippen molar-refractivity contribution in [3.63, 3.8) is 0 Å². The highest BCUT2D eigenvalue weighted by molar-refractivity contribution is 5.68. The molecule has 0 aromatic heterocycles. The van der Waals surface area contributed by atoms with Crippen molar-refractivity contribution in [3.05, 3.63) is 0 Å². The van der Waals surface area contributed by atoms with Crippen LogP contribution in [0.15, 0.2) is 0 Å². The van der Waals surface area contributed by atoms with Gasteiger partial charge in [-0.1, -0.05) is 0 Å². The predicted octanol–water partition coefficient (Wildman–Crippen LogP) is 2.93. The third kappa shape index (κ3) is 5.13. The summed E-state index contributed by atoms with van der Waals surface area (Å²) in [6.07, 6.45) is 5.35. The van der Waals surface area contributed by atoms with Gasteiger partial charge in [0.15, 0.2) is 0 Å². The normalized spacial score (nSPS) is 30.2.